The van der Waals surface area contributed by atoms with E-state index in [0.717, 1.165) is 22.1 Å². The van der Waals surface area contributed by atoms with E-state index in [4.69, 9.17) is 0 Å². The minimum atomic E-state index is 0.765. The van der Waals surface area contributed by atoms with E-state index in [1.807, 2.05) is 30.3 Å². The maximum absolute atomic E-state index is 4.38. The highest BCUT2D eigenvalue weighted by molar-refractivity contribution is 6.05. The molecule has 15 heavy (non-hydrogen) atoms. The summed E-state index contributed by atoms with van der Waals surface area (Å²) in [5.74, 6) is 0. The Morgan fingerprint density at radius 2 is 1.60 bits per heavy atom. The first-order chi connectivity index (χ1) is 7.36. The van der Waals surface area contributed by atoms with E-state index >= 15 is 0 Å². The smallest absolute Gasteiger partial charge is 0.160 e. The molecule has 2 aromatic heterocycles. The monoisotopic (exact) mass is 193 g/mol. The summed E-state index contributed by atoms with van der Waals surface area (Å²) in [6, 6.07) is 12.1. The van der Waals surface area contributed by atoms with Crippen molar-refractivity contribution >= 4 is 21.8 Å². The molecule has 0 spiro atoms. The van der Waals surface area contributed by atoms with Crippen LogP contribution in [-0.2, 0) is 0 Å². The van der Waals surface area contributed by atoms with Gasteiger partial charge in [-0.25, -0.2) is 9.97 Å². The highest BCUT2D eigenvalue weighted by atomic mass is 14.8. The molecule has 0 atom stereocenters. The summed E-state index contributed by atoms with van der Waals surface area (Å²) in [4.78, 5) is 8.62. The average molecular weight is 193 g/mol. The van der Waals surface area contributed by atoms with Gasteiger partial charge in [-0.15, -0.1) is 0 Å². The Hall–Kier alpha value is -1.96. The van der Waals surface area contributed by atoms with E-state index < -0.39 is 0 Å². The topological polar surface area (TPSA) is 25.8 Å². The van der Waals surface area contributed by atoms with Crippen LogP contribution < -0.4 is 0 Å². The number of fused-ring (bicyclic) bond motifs is 3. The molecule has 3 rings (SSSR count). The average Bonchev–Trinajstić information content (AvgIpc) is 2.30. The lowest BCUT2D eigenvalue weighted by molar-refractivity contribution is 1.27. The number of nitrogens with zero attached hydrogens (tertiary/aromatic N) is 2. The standard InChI is InChI=1S/C13H9N2/c1-9-10-5-2-3-6-11(10)12-7-4-8-14-13(12)15-9/h2-8H,1H2. The van der Waals surface area contributed by atoms with Crippen LogP contribution in [-0.4, -0.2) is 9.97 Å². The quantitative estimate of drug-likeness (QED) is 0.513. The first-order valence-electron chi connectivity index (χ1n) is 4.82. The van der Waals surface area contributed by atoms with Crippen molar-refractivity contribution in [3.63, 3.8) is 0 Å². The third kappa shape index (κ3) is 1.18. The normalized spacial score (nSPS) is 11.0. The Morgan fingerprint density at radius 1 is 0.867 bits per heavy atom. The highest BCUT2D eigenvalue weighted by Gasteiger charge is 2.04. The van der Waals surface area contributed by atoms with Crippen molar-refractivity contribution in [2.24, 2.45) is 0 Å². The second-order valence-electron chi connectivity index (χ2n) is 3.48. The van der Waals surface area contributed by atoms with Gasteiger partial charge in [0.05, 0.1) is 5.69 Å². The summed E-state index contributed by atoms with van der Waals surface area (Å²) in [6.07, 6.45) is 1.75. The van der Waals surface area contributed by atoms with Gasteiger partial charge in [-0.05, 0) is 24.4 Å². The Bertz CT molecular complexity index is 644. The fourth-order valence-electron chi connectivity index (χ4n) is 1.85. The van der Waals surface area contributed by atoms with Crippen molar-refractivity contribution in [3.05, 3.63) is 55.2 Å². The van der Waals surface area contributed by atoms with Gasteiger partial charge in [-0.3, -0.25) is 0 Å². The van der Waals surface area contributed by atoms with Crippen LogP contribution in [0.1, 0.15) is 5.69 Å². The lowest BCUT2D eigenvalue weighted by Gasteiger charge is -2.04. The molecule has 2 heterocycles. The Labute approximate surface area is 87.6 Å². The zero-order valence-corrected chi connectivity index (χ0v) is 8.14. The van der Waals surface area contributed by atoms with Crippen LogP contribution in [0, 0.1) is 6.92 Å². The molecule has 0 N–H and O–H groups in total. The highest BCUT2D eigenvalue weighted by Crippen LogP contribution is 2.24. The van der Waals surface area contributed by atoms with Crippen molar-refractivity contribution in [3.8, 4) is 0 Å². The molecule has 2 heteroatoms. The van der Waals surface area contributed by atoms with Gasteiger partial charge in [0.15, 0.2) is 5.65 Å². The molecular formula is C13H9N2. The van der Waals surface area contributed by atoms with E-state index in [9.17, 15) is 0 Å². The molecule has 0 saturated carbocycles. The van der Waals surface area contributed by atoms with E-state index in [1.54, 1.807) is 6.20 Å². The van der Waals surface area contributed by atoms with Crippen molar-refractivity contribution in [1.82, 2.24) is 9.97 Å². The van der Waals surface area contributed by atoms with Crippen LogP contribution in [0.25, 0.3) is 21.8 Å². The summed E-state index contributed by atoms with van der Waals surface area (Å²) in [6.45, 7) is 3.95. The molecule has 0 aliphatic rings. The Balaban J connectivity index is 2.64. The molecule has 0 fully saturated rings. The van der Waals surface area contributed by atoms with Gasteiger partial charge in [0, 0.05) is 17.0 Å². The molecule has 2 nitrogen and oxygen atoms in total. The first-order valence-corrected chi connectivity index (χ1v) is 4.82. The van der Waals surface area contributed by atoms with Crippen molar-refractivity contribution in [2.75, 3.05) is 0 Å². The van der Waals surface area contributed by atoms with Gasteiger partial charge >= 0.3 is 0 Å². The van der Waals surface area contributed by atoms with E-state index in [-0.39, 0.29) is 0 Å². The molecule has 0 saturated heterocycles. The van der Waals surface area contributed by atoms with E-state index in [2.05, 4.69) is 23.0 Å². The summed E-state index contributed by atoms with van der Waals surface area (Å²) < 4.78 is 0. The number of hydrogen-bond acceptors (Lipinski definition) is 2. The van der Waals surface area contributed by atoms with Crippen LogP contribution in [0.3, 0.4) is 0 Å². The lowest BCUT2D eigenvalue weighted by atomic mass is 10.1. The van der Waals surface area contributed by atoms with E-state index in [1.165, 1.54) is 5.39 Å². The molecule has 1 radical (unpaired) electrons. The summed E-state index contributed by atoms with van der Waals surface area (Å²) in [5.41, 5.74) is 1.55. The summed E-state index contributed by atoms with van der Waals surface area (Å²) >= 11 is 0. The fraction of sp³-hybridized carbons (Fsp3) is 0. The molecular weight excluding hydrogens is 184 g/mol. The maximum Gasteiger partial charge on any atom is 0.160 e. The number of aromatic nitrogens is 2. The van der Waals surface area contributed by atoms with Gasteiger partial charge in [0.2, 0.25) is 0 Å². The second-order valence-corrected chi connectivity index (χ2v) is 3.48. The molecule has 0 unspecified atom stereocenters. The van der Waals surface area contributed by atoms with Crippen molar-refractivity contribution in [2.45, 2.75) is 0 Å². The van der Waals surface area contributed by atoms with Gasteiger partial charge < -0.3 is 0 Å². The van der Waals surface area contributed by atoms with Gasteiger partial charge in [0.1, 0.15) is 0 Å². The summed E-state index contributed by atoms with van der Waals surface area (Å²) in [5, 5.41) is 3.35. The predicted octanol–water partition coefficient (Wildman–Crippen LogP) is 2.97. The van der Waals surface area contributed by atoms with Crippen molar-refractivity contribution in [1.29, 1.82) is 0 Å². The van der Waals surface area contributed by atoms with Gasteiger partial charge in [-0.2, -0.15) is 0 Å². The SMILES string of the molecule is [CH2]c1nc2ncccc2c2ccccc12. The minimum Gasteiger partial charge on any atom is -0.237 e. The first kappa shape index (κ1) is 8.36. The Morgan fingerprint density at radius 3 is 2.47 bits per heavy atom. The molecule has 1 aromatic carbocycles. The third-order valence-electron chi connectivity index (χ3n) is 2.56. The van der Waals surface area contributed by atoms with Gasteiger partial charge in [0.25, 0.3) is 0 Å². The number of hydrogen-bond donors (Lipinski definition) is 0. The third-order valence-corrected chi connectivity index (χ3v) is 2.56. The maximum atomic E-state index is 4.38. The molecule has 71 valence electrons. The van der Waals surface area contributed by atoms with Crippen LogP contribution in [0.2, 0.25) is 0 Å². The predicted molar refractivity (Wildman–Crippen MR) is 61.5 cm³/mol. The number of pyridine rings is 2. The molecule has 0 aliphatic carbocycles. The minimum absolute atomic E-state index is 0.765. The molecule has 0 bridgehead atoms. The van der Waals surface area contributed by atoms with Crippen LogP contribution >= 0.6 is 0 Å². The fourth-order valence-corrected chi connectivity index (χ4v) is 1.85. The zero-order chi connectivity index (χ0) is 10.3. The second kappa shape index (κ2) is 3.02. The number of benzene rings is 1. The largest absolute Gasteiger partial charge is 0.237 e. The van der Waals surface area contributed by atoms with Crippen LogP contribution in [0.15, 0.2) is 42.6 Å². The Kier molecular flexibility index (Phi) is 1.68. The molecule has 3 aromatic rings. The lowest BCUT2D eigenvalue weighted by Crippen LogP contribution is -1.89. The van der Waals surface area contributed by atoms with E-state index in [0.29, 0.717) is 0 Å². The summed E-state index contributed by atoms with van der Waals surface area (Å²) in [7, 11) is 0. The molecule has 0 aliphatic heterocycles. The molecule has 0 amide bonds. The van der Waals surface area contributed by atoms with Gasteiger partial charge in [-0.1, -0.05) is 24.3 Å². The zero-order valence-electron chi connectivity index (χ0n) is 8.14. The number of rotatable bonds is 0. The van der Waals surface area contributed by atoms with Crippen LogP contribution in [0.4, 0.5) is 0 Å². The van der Waals surface area contributed by atoms with Crippen molar-refractivity contribution < 1.29 is 0 Å². The van der Waals surface area contributed by atoms with Crippen LogP contribution in [0.5, 0.6) is 0 Å².